The summed E-state index contributed by atoms with van der Waals surface area (Å²) in [6.45, 7) is 8.98. The van der Waals surface area contributed by atoms with Crippen LogP contribution in [-0.4, -0.2) is 17.5 Å². The molecule has 0 aromatic heterocycles. The topological polar surface area (TPSA) is 46.4 Å². The largest absolute Gasteiger partial charge is 0.363 e. The molecule has 0 N–H and O–H groups in total. The minimum atomic E-state index is -0.409. The number of anilines is 1. The molecule has 0 aliphatic rings. The number of para-hydroxylation sites is 1. The van der Waals surface area contributed by atoms with E-state index in [1.165, 1.54) is 0 Å². The van der Waals surface area contributed by atoms with Crippen molar-refractivity contribution in [3.63, 3.8) is 0 Å². The Morgan fingerprint density at radius 1 is 1.33 bits per heavy atom. The highest BCUT2D eigenvalue weighted by Crippen LogP contribution is 2.36. The summed E-state index contributed by atoms with van der Waals surface area (Å²) in [5.41, 5.74) is 0.588. The maximum atomic E-state index is 11.1. The average molecular weight is 271 g/mol. The van der Waals surface area contributed by atoms with Crippen molar-refractivity contribution in [1.29, 1.82) is 0 Å². The van der Waals surface area contributed by atoms with Crippen molar-refractivity contribution < 1.29 is 4.92 Å². The zero-order valence-electron chi connectivity index (χ0n) is 11.2. The van der Waals surface area contributed by atoms with Gasteiger partial charge in [-0.3, -0.25) is 10.1 Å². The van der Waals surface area contributed by atoms with E-state index in [2.05, 4.69) is 13.8 Å². The van der Waals surface area contributed by atoms with Gasteiger partial charge < -0.3 is 4.90 Å². The predicted octanol–water partition coefficient (Wildman–Crippen LogP) is 4.12. The SMILES string of the molecule is CC(C)CN(c1cccc(Cl)c1[N+](=O)[O-])C(C)C. The highest BCUT2D eigenvalue weighted by atomic mass is 35.5. The molecule has 100 valence electrons. The number of rotatable bonds is 5. The van der Waals surface area contributed by atoms with E-state index in [1.807, 2.05) is 18.7 Å². The fraction of sp³-hybridized carbons (Fsp3) is 0.538. The molecular weight excluding hydrogens is 252 g/mol. The third-order valence-electron chi connectivity index (χ3n) is 2.64. The molecule has 0 aliphatic carbocycles. The number of nitro groups is 1. The van der Waals surface area contributed by atoms with E-state index in [4.69, 9.17) is 11.6 Å². The van der Waals surface area contributed by atoms with E-state index in [0.717, 1.165) is 6.54 Å². The van der Waals surface area contributed by atoms with Crippen molar-refractivity contribution in [2.45, 2.75) is 33.7 Å². The van der Waals surface area contributed by atoms with Crippen molar-refractivity contribution in [2.24, 2.45) is 5.92 Å². The van der Waals surface area contributed by atoms with Gasteiger partial charge in [0.1, 0.15) is 10.7 Å². The molecule has 0 heterocycles. The first kappa shape index (κ1) is 14.8. The molecule has 0 radical (unpaired) electrons. The molecular formula is C13H19ClN2O2. The van der Waals surface area contributed by atoms with Gasteiger partial charge in [0.25, 0.3) is 0 Å². The zero-order valence-corrected chi connectivity index (χ0v) is 11.9. The second kappa shape index (κ2) is 6.05. The van der Waals surface area contributed by atoms with Crippen molar-refractivity contribution in [3.8, 4) is 0 Å². The third-order valence-corrected chi connectivity index (χ3v) is 2.95. The normalized spacial score (nSPS) is 11.1. The van der Waals surface area contributed by atoms with Crippen molar-refractivity contribution in [3.05, 3.63) is 33.3 Å². The lowest BCUT2D eigenvalue weighted by Crippen LogP contribution is -2.34. The Balaban J connectivity index is 3.27. The van der Waals surface area contributed by atoms with Gasteiger partial charge in [0.05, 0.1) is 4.92 Å². The van der Waals surface area contributed by atoms with Crippen LogP contribution in [0.25, 0.3) is 0 Å². The highest BCUT2D eigenvalue weighted by molar-refractivity contribution is 6.33. The standard InChI is InChI=1S/C13H19ClN2O2/c1-9(2)8-15(10(3)4)12-7-5-6-11(14)13(12)16(17)18/h5-7,9-10H,8H2,1-4H3. The fourth-order valence-electron chi connectivity index (χ4n) is 1.90. The number of nitrogens with zero attached hydrogens (tertiary/aromatic N) is 2. The molecule has 18 heavy (non-hydrogen) atoms. The van der Waals surface area contributed by atoms with Gasteiger partial charge in [-0.05, 0) is 31.9 Å². The molecule has 4 nitrogen and oxygen atoms in total. The van der Waals surface area contributed by atoms with Crippen LogP contribution in [0.1, 0.15) is 27.7 Å². The summed E-state index contributed by atoms with van der Waals surface area (Å²) in [7, 11) is 0. The minimum Gasteiger partial charge on any atom is -0.363 e. The molecule has 1 rings (SSSR count). The summed E-state index contributed by atoms with van der Waals surface area (Å²) >= 11 is 5.94. The molecule has 1 aromatic carbocycles. The number of halogens is 1. The van der Waals surface area contributed by atoms with E-state index in [0.29, 0.717) is 11.6 Å². The highest BCUT2D eigenvalue weighted by Gasteiger charge is 2.24. The molecule has 0 saturated heterocycles. The summed E-state index contributed by atoms with van der Waals surface area (Å²) in [6.07, 6.45) is 0. The summed E-state index contributed by atoms with van der Waals surface area (Å²) < 4.78 is 0. The Kier molecular flexibility index (Phi) is 4.96. The second-order valence-corrected chi connectivity index (χ2v) is 5.41. The summed E-state index contributed by atoms with van der Waals surface area (Å²) in [4.78, 5) is 12.8. The quantitative estimate of drug-likeness (QED) is 0.597. The fourth-order valence-corrected chi connectivity index (χ4v) is 2.14. The molecule has 5 heteroatoms. The number of hydrogen-bond acceptors (Lipinski definition) is 3. The molecule has 0 aliphatic heterocycles. The Labute approximate surface area is 113 Å². The van der Waals surface area contributed by atoms with E-state index >= 15 is 0 Å². The van der Waals surface area contributed by atoms with Crippen LogP contribution in [0.2, 0.25) is 5.02 Å². The van der Waals surface area contributed by atoms with Crippen LogP contribution in [0, 0.1) is 16.0 Å². The molecule has 1 aromatic rings. The van der Waals surface area contributed by atoms with Gasteiger partial charge in [0.15, 0.2) is 0 Å². The van der Waals surface area contributed by atoms with Gasteiger partial charge in [-0.25, -0.2) is 0 Å². The summed E-state index contributed by atoms with van der Waals surface area (Å²) in [5, 5.41) is 11.3. The van der Waals surface area contributed by atoms with Gasteiger partial charge in [0.2, 0.25) is 0 Å². The maximum absolute atomic E-state index is 11.1. The smallest absolute Gasteiger partial charge is 0.310 e. The monoisotopic (exact) mass is 270 g/mol. The lowest BCUT2D eigenvalue weighted by Gasteiger charge is -2.30. The van der Waals surface area contributed by atoms with Gasteiger partial charge in [-0.2, -0.15) is 0 Å². The molecule has 0 unspecified atom stereocenters. The molecule has 0 saturated carbocycles. The number of benzene rings is 1. The summed E-state index contributed by atoms with van der Waals surface area (Å²) in [6, 6.07) is 5.24. The summed E-state index contributed by atoms with van der Waals surface area (Å²) in [5.74, 6) is 0.422. The lowest BCUT2D eigenvalue weighted by atomic mass is 10.1. The van der Waals surface area contributed by atoms with Gasteiger partial charge in [0, 0.05) is 12.6 Å². The predicted molar refractivity (Wildman–Crippen MR) is 75.4 cm³/mol. The van der Waals surface area contributed by atoms with Crippen LogP contribution >= 0.6 is 11.6 Å². The lowest BCUT2D eigenvalue weighted by molar-refractivity contribution is -0.384. The van der Waals surface area contributed by atoms with Crippen molar-refractivity contribution in [1.82, 2.24) is 0 Å². The number of nitro benzene ring substituents is 1. The van der Waals surface area contributed by atoms with Gasteiger partial charge in [-0.15, -0.1) is 0 Å². The van der Waals surface area contributed by atoms with E-state index in [1.54, 1.807) is 18.2 Å². The minimum absolute atomic E-state index is 0.00600. The Morgan fingerprint density at radius 2 is 1.94 bits per heavy atom. The van der Waals surface area contributed by atoms with Crippen LogP contribution in [0.15, 0.2) is 18.2 Å². The van der Waals surface area contributed by atoms with Crippen LogP contribution in [0.5, 0.6) is 0 Å². The molecule has 0 atom stereocenters. The zero-order chi connectivity index (χ0) is 13.9. The maximum Gasteiger partial charge on any atom is 0.310 e. The van der Waals surface area contributed by atoms with E-state index in [-0.39, 0.29) is 16.8 Å². The molecule has 0 amide bonds. The Morgan fingerprint density at radius 3 is 2.39 bits per heavy atom. The Bertz CT molecular complexity index is 433. The van der Waals surface area contributed by atoms with E-state index < -0.39 is 4.92 Å². The first-order chi connectivity index (χ1) is 8.34. The number of hydrogen-bond donors (Lipinski definition) is 0. The Hall–Kier alpha value is -1.29. The van der Waals surface area contributed by atoms with Gasteiger partial charge >= 0.3 is 5.69 Å². The molecule has 0 spiro atoms. The third kappa shape index (κ3) is 3.35. The van der Waals surface area contributed by atoms with Gasteiger partial charge in [-0.1, -0.05) is 31.5 Å². The molecule has 0 bridgehead atoms. The van der Waals surface area contributed by atoms with Crippen LogP contribution in [-0.2, 0) is 0 Å². The first-order valence-electron chi connectivity index (χ1n) is 6.04. The first-order valence-corrected chi connectivity index (χ1v) is 6.42. The van der Waals surface area contributed by atoms with Crippen LogP contribution in [0.4, 0.5) is 11.4 Å². The molecule has 0 fully saturated rings. The second-order valence-electron chi connectivity index (χ2n) is 5.00. The van der Waals surface area contributed by atoms with Crippen molar-refractivity contribution >= 4 is 23.0 Å². The van der Waals surface area contributed by atoms with Crippen molar-refractivity contribution in [2.75, 3.05) is 11.4 Å². The van der Waals surface area contributed by atoms with E-state index in [9.17, 15) is 10.1 Å². The van der Waals surface area contributed by atoms with Crippen LogP contribution in [0.3, 0.4) is 0 Å². The average Bonchev–Trinajstić information content (AvgIpc) is 2.24. The van der Waals surface area contributed by atoms with Crippen LogP contribution < -0.4 is 4.90 Å².